The van der Waals surface area contributed by atoms with Gasteiger partial charge in [0, 0.05) is 24.5 Å². The van der Waals surface area contributed by atoms with Crippen molar-refractivity contribution in [3.05, 3.63) is 66.1 Å². The lowest BCUT2D eigenvalue weighted by atomic mass is 9.81. The molecule has 0 saturated carbocycles. The quantitative estimate of drug-likeness (QED) is 0.597. The van der Waals surface area contributed by atoms with Gasteiger partial charge in [0.25, 0.3) is 5.91 Å². The molecule has 1 saturated heterocycles. The molecule has 30 heavy (non-hydrogen) atoms. The molecule has 3 heterocycles. The highest BCUT2D eigenvalue weighted by Gasteiger charge is 2.27. The van der Waals surface area contributed by atoms with Gasteiger partial charge in [-0.3, -0.25) is 4.79 Å². The van der Waals surface area contributed by atoms with Crippen molar-refractivity contribution in [3.63, 3.8) is 0 Å². The van der Waals surface area contributed by atoms with Crippen molar-refractivity contribution in [2.45, 2.75) is 26.4 Å². The first kappa shape index (κ1) is 24.0. The molecule has 0 aliphatic carbocycles. The van der Waals surface area contributed by atoms with Crippen molar-refractivity contribution in [2.75, 3.05) is 19.6 Å². The van der Waals surface area contributed by atoms with E-state index in [1.54, 1.807) is 6.07 Å². The number of fused-ring (bicyclic) bond motifs is 1. The fourth-order valence-corrected chi connectivity index (χ4v) is 3.54. The molecule has 1 aromatic carbocycles. The number of carbonyl (C=O) groups excluding carboxylic acids is 1. The lowest BCUT2D eigenvalue weighted by Gasteiger charge is -2.34. The van der Waals surface area contributed by atoms with E-state index in [0.717, 1.165) is 37.3 Å². The van der Waals surface area contributed by atoms with Crippen molar-refractivity contribution >= 4 is 36.4 Å². The third kappa shape index (κ3) is 5.88. The molecule has 6 nitrogen and oxygen atoms in total. The average Bonchev–Trinajstić information content (AvgIpc) is 3.14. The van der Waals surface area contributed by atoms with Crippen molar-refractivity contribution in [2.24, 2.45) is 5.41 Å². The van der Waals surface area contributed by atoms with Gasteiger partial charge in [-0.25, -0.2) is 4.98 Å². The molecule has 1 fully saturated rings. The molecule has 3 aromatic rings. The van der Waals surface area contributed by atoms with Crippen molar-refractivity contribution in [3.8, 4) is 5.75 Å². The molecule has 1 aliphatic rings. The van der Waals surface area contributed by atoms with Crippen LogP contribution in [0.5, 0.6) is 5.75 Å². The monoisotopic (exact) mass is 450 g/mol. The fourth-order valence-electron chi connectivity index (χ4n) is 3.54. The van der Waals surface area contributed by atoms with Crippen molar-refractivity contribution in [1.82, 2.24) is 20.0 Å². The molecule has 162 valence electrons. The van der Waals surface area contributed by atoms with Crippen LogP contribution >= 0.6 is 24.8 Å². The number of ether oxygens (including phenoxy) is 1. The summed E-state index contributed by atoms with van der Waals surface area (Å²) in [5.41, 5.74) is 2.52. The second-order valence-electron chi connectivity index (χ2n) is 7.76. The van der Waals surface area contributed by atoms with Crippen LogP contribution in [0.15, 0.2) is 54.9 Å². The second-order valence-corrected chi connectivity index (χ2v) is 7.76. The number of nitrogens with one attached hydrogen (secondary N) is 2. The Morgan fingerprint density at radius 1 is 1.20 bits per heavy atom. The van der Waals surface area contributed by atoms with Gasteiger partial charge in [0.2, 0.25) is 0 Å². The molecule has 0 unspecified atom stereocenters. The molecule has 0 bridgehead atoms. The fraction of sp³-hybridized carbons (Fsp3) is 0.364. The van der Waals surface area contributed by atoms with Gasteiger partial charge in [0.15, 0.2) is 0 Å². The normalized spacial score (nSPS) is 15.0. The molecule has 0 radical (unpaired) electrons. The molecule has 2 aromatic heterocycles. The first-order valence-corrected chi connectivity index (χ1v) is 9.76. The van der Waals surface area contributed by atoms with E-state index >= 15 is 0 Å². The van der Waals surface area contributed by atoms with Gasteiger partial charge in [-0.2, -0.15) is 0 Å². The van der Waals surface area contributed by atoms with E-state index in [1.165, 1.54) is 0 Å². The van der Waals surface area contributed by atoms with E-state index in [-0.39, 0.29) is 36.1 Å². The Hall–Kier alpha value is -2.28. The van der Waals surface area contributed by atoms with Gasteiger partial charge in [-0.05, 0) is 61.7 Å². The number of imidazole rings is 1. The summed E-state index contributed by atoms with van der Waals surface area (Å²) in [6, 6.07) is 13.2. The van der Waals surface area contributed by atoms with Crippen LogP contribution in [0.4, 0.5) is 0 Å². The number of pyridine rings is 1. The van der Waals surface area contributed by atoms with Crippen LogP contribution in [0.25, 0.3) is 5.65 Å². The summed E-state index contributed by atoms with van der Waals surface area (Å²) in [6.45, 7) is 5.32. The zero-order valence-corrected chi connectivity index (χ0v) is 18.6. The number of carbonyl (C=O) groups is 1. The summed E-state index contributed by atoms with van der Waals surface area (Å²) >= 11 is 0. The maximum absolute atomic E-state index is 12.6. The largest absolute Gasteiger partial charge is 0.487 e. The van der Waals surface area contributed by atoms with Gasteiger partial charge in [-0.1, -0.05) is 19.1 Å². The maximum Gasteiger partial charge on any atom is 0.251 e. The Labute approximate surface area is 189 Å². The molecular formula is C22H28Cl2N4O2. The lowest BCUT2D eigenvalue weighted by molar-refractivity contribution is 0.0922. The van der Waals surface area contributed by atoms with E-state index in [9.17, 15) is 4.79 Å². The SMILES string of the molecule is CC1(CNC(=O)c2cccc(OCc3cn4ccccc4n3)c2)CCNCC1.Cl.Cl. The zero-order chi connectivity index (χ0) is 19.4. The van der Waals surface area contributed by atoms with E-state index in [1.807, 2.05) is 53.2 Å². The van der Waals surface area contributed by atoms with Crippen LogP contribution in [0, 0.1) is 5.41 Å². The Balaban J connectivity index is 0.00000160. The first-order valence-electron chi connectivity index (χ1n) is 9.76. The highest BCUT2D eigenvalue weighted by molar-refractivity contribution is 5.94. The number of nitrogens with zero attached hydrogens (tertiary/aromatic N) is 2. The third-order valence-corrected chi connectivity index (χ3v) is 5.38. The Morgan fingerprint density at radius 2 is 2.00 bits per heavy atom. The zero-order valence-electron chi connectivity index (χ0n) is 17.0. The Bertz CT molecular complexity index is 937. The summed E-state index contributed by atoms with van der Waals surface area (Å²) < 4.78 is 7.82. The number of aromatic nitrogens is 2. The summed E-state index contributed by atoms with van der Waals surface area (Å²) in [5.74, 6) is 0.607. The minimum absolute atomic E-state index is 0. The van der Waals surface area contributed by atoms with Gasteiger partial charge in [0.1, 0.15) is 18.0 Å². The second kappa shape index (κ2) is 10.7. The lowest BCUT2D eigenvalue weighted by Crippen LogP contribution is -2.42. The predicted octanol–water partition coefficient (Wildman–Crippen LogP) is 3.88. The molecular weight excluding hydrogens is 423 g/mol. The summed E-state index contributed by atoms with van der Waals surface area (Å²) in [4.78, 5) is 17.1. The van der Waals surface area contributed by atoms with Crippen LogP contribution in [0.3, 0.4) is 0 Å². The maximum atomic E-state index is 12.6. The number of piperidine rings is 1. The number of benzene rings is 1. The third-order valence-electron chi connectivity index (χ3n) is 5.38. The summed E-state index contributed by atoms with van der Waals surface area (Å²) in [5, 5.41) is 6.46. The number of halogens is 2. The smallest absolute Gasteiger partial charge is 0.251 e. The van der Waals surface area contributed by atoms with Crippen molar-refractivity contribution in [1.29, 1.82) is 0 Å². The Morgan fingerprint density at radius 3 is 2.77 bits per heavy atom. The van der Waals surface area contributed by atoms with Crippen LogP contribution in [-0.2, 0) is 6.61 Å². The van der Waals surface area contributed by atoms with E-state index in [4.69, 9.17) is 4.74 Å². The van der Waals surface area contributed by atoms with Gasteiger partial charge in [0.05, 0.1) is 5.69 Å². The number of hydrogen-bond acceptors (Lipinski definition) is 4. The Kier molecular flexibility index (Phi) is 8.53. The first-order chi connectivity index (χ1) is 13.6. The minimum Gasteiger partial charge on any atom is -0.487 e. The van der Waals surface area contributed by atoms with E-state index < -0.39 is 0 Å². The number of hydrogen-bond donors (Lipinski definition) is 2. The molecule has 1 aliphatic heterocycles. The number of amides is 1. The van der Waals surface area contributed by atoms with Crippen LogP contribution in [0.2, 0.25) is 0 Å². The van der Waals surface area contributed by atoms with Crippen LogP contribution in [0.1, 0.15) is 35.8 Å². The molecule has 0 atom stereocenters. The molecule has 4 rings (SSSR count). The van der Waals surface area contributed by atoms with E-state index in [2.05, 4.69) is 22.5 Å². The molecule has 2 N–H and O–H groups in total. The summed E-state index contributed by atoms with van der Waals surface area (Å²) in [6.07, 6.45) is 6.07. The van der Waals surface area contributed by atoms with Gasteiger partial charge >= 0.3 is 0 Å². The van der Waals surface area contributed by atoms with Crippen LogP contribution in [-0.4, -0.2) is 34.9 Å². The highest BCUT2D eigenvalue weighted by Crippen LogP contribution is 2.27. The minimum atomic E-state index is -0.0575. The van der Waals surface area contributed by atoms with Gasteiger partial charge in [-0.15, -0.1) is 24.8 Å². The number of rotatable bonds is 6. The van der Waals surface area contributed by atoms with Crippen molar-refractivity contribution < 1.29 is 9.53 Å². The van der Waals surface area contributed by atoms with Gasteiger partial charge < -0.3 is 19.8 Å². The molecule has 1 amide bonds. The molecule has 8 heteroatoms. The topological polar surface area (TPSA) is 67.7 Å². The predicted molar refractivity (Wildman–Crippen MR) is 123 cm³/mol. The highest BCUT2D eigenvalue weighted by atomic mass is 35.5. The summed E-state index contributed by atoms with van der Waals surface area (Å²) in [7, 11) is 0. The average molecular weight is 451 g/mol. The van der Waals surface area contributed by atoms with E-state index in [0.29, 0.717) is 24.5 Å². The van der Waals surface area contributed by atoms with Crippen LogP contribution < -0.4 is 15.4 Å². The standard InChI is InChI=1S/C22H26N4O2.2ClH/c1-22(8-10-23-11-9-22)16-24-21(27)17-5-4-6-19(13-17)28-15-18-14-26-12-3-2-7-20(26)25-18;;/h2-7,12-14,23H,8-11,15-16H2,1H3,(H,24,27);2*1H. The molecule has 0 spiro atoms.